The molecule has 0 heterocycles. The van der Waals surface area contributed by atoms with Gasteiger partial charge in [-0.3, -0.25) is 0 Å². The van der Waals surface area contributed by atoms with Crippen molar-refractivity contribution in [3.8, 4) is 0 Å². The van der Waals surface area contributed by atoms with Gasteiger partial charge in [0.15, 0.2) is 8.32 Å². The third kappa shape index (κ3) is 4.97. The summed E-state index contributed by atoms with van der Waals surface area (Å²) in [7, 11) is -1.50. The van der Waals surface area contributed by atoms with Gasteiger partial charge in [-0.25, -0.2) is 0 Å². The van der Waals surface area contributed by atoms with Gasteiger partial charge in [-0.2, -0.15) is 0 Å². The van der Waals surface area contributed by atoms with Crippen LogP contribution in [0.2, 0.25) is 18.1 Å². The molecule has 17 heavy (non-hydrogen) atoms. The predicted octanol–water partition coefficient (Wildman–Crippen LogP) is 5.14. The molecule has 0 saturated heterocycles. The molecule has 0 radical (unpaired) electrons. The maximum atomic E-state index is 6.18. The van der Waals surface area contributed by atoms with Crippen LogP contribution in [0.5, 0.6) is 0 Å². The van der Waals surface area contributed by atoms with Crippen LogP contribution in [0.3, 0.4) is 0 Å². The van der Waals surface area contributed by atoms with E-state index in [1.54, 1.807) is 0 Å². The normalized spacial score (nSPS) is 21.1. The van der Waals surface area contributed by atoms with E-state index < -0.39 is 8.32 Å². The molecular weight excluding hydrogens is 224 g/mol. The highest BCUT2D eigenvalue weighted by atomic mass is 28.4. The summed E-state index contributed by atoms with van der Waals surface area (Å²) in [6.07, 6.45) is 11.3. The summed E-state index contributed by atoms with van der Waals surface area (Å²) in [6.45, 7) is 12.6. The largest absolute Gasteiger partial charge is 0.417 e. The van der Waals surface area contributed by atoms with E-state index in [1.165, 1.54) is 32.1 Å². The van der Waals surface area contributed by atoms with E-state index in [-0.39, 0.29) is 0 Å². The Morgan fingerprint density at radius 2 is 1.94 bits per heavy atom. The van der Waals surface area contributed by atoms with Crippen LogP contribution in [0.4, 0.5) is 0 Å². The van der Waals surface area contributed by atoms with E-state index >= 15 is 0 Å². The molecule has 1 aliphatic rings. The van der Waals surface area contributed by atoms with E-state index in [0.717, 1.165) is 12.5 Å². The van der Waals surface area contributed by atoms with Crippen LogP contribution < -0.4 is 0 Å². The molecule has 0 aliphatic heterocycles. The fourth-order valence-electron chi connectivity index (χ4n) is 1.99. The van der Waals surface area contributed by atoms with E-state index in [9.17, 15) is 0 Å². The molecule has 1 rings (SSSR count). The molecule has 1 unspecified atom stereocenters. The summed E-state index contributed by atoms with van der Waals surface area (Å²) in [5, 5.41) is 0.348. The van der Waals surface area contributed by atoms with Crippen molar-refractivity contribution in [1.29, 1.82) is 0 Å². The van der Waals surface area contributed by atoms with E-state index in [0.29, 0.717) is 5.04 Å². The first-order valence-electron chi connectivity index (χ1n) is 7.13. The fraction of sp³-hybridized carbons (Fsp3) is 0.867. The summed E-state index contributed by atoms with van der Waals surface area (Å²) < 4.78 is 6.18. The van der Waals surface area contributed by atoms with Gasteiger partial charge in [0, 0.05) is 6.61 Å². The van der Waals surface area contributed by atoms with Crippen molar-refractivity contribution in [2.24, 2.45) is 5.92 Å². The summed E-state index contributed by atoms with van der Waals surface area (Å²) >= 11 is 0. The molecule has 0 bridgehead atoms. The lowest BCUT2D eigenvalue weighted by atomic mass is 10.0. The lowest BCUT2D eigenvalue weighted by Crippen LogP contribution is -2.40. The van der Waals surface area contributed by atoms with Crippen molar-refractivity contribution in [3.63, 3.8) is 0 Å². The molecule has 2 heteroatoms. The second kappa shape index (κ2) is 6.19. The van der Waals surface area contributed by atoms with Crippen molar-refractivity contribution >= 4 is 8.32 Å². The standard InChI is InChI=1S/C15H30OSi/c1-15(2,3)17(4,5)16-13-9-8-12-14-10-6-7-11-14/h6,10,14H,7-9,11-13H2,1-5H3. The molecular formula is C15H30OSi. The Bertz CT molecular complexity index is 250. The molecule has 1 atom stereocenters. The van der Waals surface area contributed by atoms with Crippen LogP contribution in [-0.4, -0.2) is 14.9 Å². The molecule has 0 amide bonds. The van der Waals surface area contributed by atoms with Crippen LogP contribution in [0.15, 0.2) is 12.2 Å². The maximum Gasteiger partial charge on any atom is 0.191 e. The Kier molecular flexibility index (Phi) is 5.45. The number of unbranched alkanes of at least 4 members (excludes halogenated alkanes) is 1. The van der Waals surface area contributed by atoms with Gasteiger partial charge < -0.3 is 4.43 Å². The third-order valence-electron chi connectivity index (χ3n) is 4.35. The highest BCUT2D eigenvalue weighted by Gasteiger charge is 2.36. The van der Waals surface area contributed by atoms with Crippen LogP contribution >= 0.6 is 0 Å². The Hall–Kier alpha value is -0.0831. The van der Waals surface area contributed by atoms with E-state index in [4.69, 9.17) is 4.43 Å². The van der Waals surface area contributed by atoms with Gasteiger partial charge in [0.25, 0.3) is 0 Å². The van der Waals surface area contributed by atoms with Gasteiger partial charge in [0.1, 0.15) is 0 Å². The van der Waals surface area contributed by atoms with Crippen LogP contribution in [0.1, 0.15) is 52.9 Å². The minimum atomic E-state index is -1.50. The smallest absolute Gasteiger partial charge is 0.191 e. The lowest BCUT2D eigenvalue weighted by Gasteiger charge is -2.36. The van der Waals surface area contributed by atoms with Gasteiger partial charge in [-0.05, 0) is 49.7 Å². The van der Waals surface area contributed by atoms with Gasteiger partial charge in [0.05, 0.1) is 0 Å². The average Bonchev–Trinajstić information content (AvgIpc) is 2.68. The topological polar surface area (TPSA) is 9.23 Å². The Morgan fingerprint density at radius 3 is 2.47 bits per heavy atom. The summed E-state index contributed by atoms with van der Waals surface area (Å²) in [6, 6.07) is 0. The first-order chi connectivity index (χ1) is 7.83. The summed E-state index contributed by atoms with van der Waals surface area (Å²) in [4.78, 5) is 0. The molecule has 0 fully saturated rings. The second-order valence-corrected chi connectivity index (χ2v) is 11.7. The first kappa shape index (κ1) is 15.0. The van der Waals surface area contributed by atoms with Crippen LogP contribution in [0.25, 0.3) is 0 Å². The molecule has 0 aromatic rings. The molecule has 0 N–H and O–H groups in total. The maximum absolute atomic E-state index is 6.18. The second-order valence-electron chi connectivity index (χ2n) is 6.87. The third-order valence-corrected chi connectivity index (χ3v) is 8.89. The fourth-order valence-corrected chi connectivity index (χ4v) is 3.08. The first-order valence-corrected chi connectivity index (χ1v) is 10.0. The Labute approximate surface area is 109 Å². The van der Waals surface area contributed by atoms with Crippen LogP contribution in [0, 0.1) is 5.92 Å². The zero-order valence-corrected chi connectivity index (χ0v) is 13.4. The SMILES string of the molecule is CC(C)(C)[Si](C)(C)OCCCCC1C=CCC1. The minimum Gasteiger partial charge on any atom is -0.417 e. The molecule has 0 aromatic carbocycles. The predicted molar refractivity (Wildman–Crippen MR) is 78.9 cm³/mol. The Balaban J connectivity index is 2.09. The molecule has 100 valence electrons. The molecule has 0 aromatic heterocycles. The molecule has 1 nitrogen and oxygen atoms in total. The number of hydrogen-bond acceptors (Lipinski definition) is 1. The van der Waals surface area contributed by atoms with E-state index in [2.05, 4.69) is 46.0 Å². The van der Waals surface area contributed by atoms with Gasteiger partial charge in [-0.15, -0.1) is 0 Å². The van der Waals surface area contributed by atoms with Gasteiger partial charge in [0.2, 0.25) is 0 Å². The Morgan fingerprint density at radius 1 is 1.24 bits per heavy atom. The highest BCUT2D eigenvalue weighted by Crippen LogP contribution is 2.36. The number of rotatable bonds is 6. The van der Waals surface area contributed by atoms with Crippen molar-refractivity contribution in [3.05, 3.63) is 12.2 Å². The minimum absolute atomic E-state index is 0.348. The lowest BCUT2D eigenvalue weighted by molar-refractivity contribution is 0.275. The zero-order valence-electron chi connectivity index (χ0n) is 12.4. The van der Waals surface area contributed by atoms with Crippen molar-refractivity contribution < 1.29 is 4.43 Å². The van der Waals surface area contributed by atoms with Gasteiger partial charge >= 0.3 is 0 Å². The van der Waals surface area contributed by atoms with Crippen molar-refractivity contribution in [1.82, 2.24) is 0 Å². The molecule has 0 spiro atoms. The van der Waals surface area contributed by atoms with Crippen molar-refractivity contribution in [2.45, 2.75) is 71.0 Å². The zero-order chi connectivity index (χ0) is 12.9. The quantitative estimate of drug-likeness (QED) is 0.362. The van der Waals surface area contributed by atoms with Gasteiger partial charge in [-0.1, -0.05) is 39.3 Å². The van der Waals surface area contributed by atoms with Crippen LogP contribution in [-0.2, 0) is 4.43 Å². The summed E-state index contributed by atoms with van der Waals surface area (Å²) in [5.41, 5.74) is 0. The van der Waals surface area contributed by atoms with E-state index in [1.807, 2.05) is 0 Å². The molecule has 0 saturated carbocycles. The highest BCUT2D eigenvalue weighted by molar-refractivity contribution is 6.74. The summed E-state index contributed by atoms with van der Waals surface area (Å²) in [5.74, 6) is 0.864. The number of allylic oxidation sites excluding steroid dienone is 2. The van der Waals surface area contributed by atoms with Crippen molar-refractivity contribution in [2.75, 3.05) is 6.61 Å². The number of hydrogen-bond donors (Lipinski definition) is 0. The monoisotopic (exact) mass is 254 g/mol. The molecule has 1 aliphatic carbocycles. The average molecular weight is 254 g/mol.